The van der Waals surface area contributed by atoms with Gasteiger partial charge in [0.25, 0.3) is 0 Å². The summed E-state index contributed by atoms with van der Waals surface area (Å²) in [6, 6.07) is 0.960. The van der Waals surface area contributed by atoms with Gasteiger partial charge in [0.05, 0.1) is 0 Å². The summed E-state index contributed by atoms with van der Waals surface area (Å²) < 4.78 is 17.8. The third-order valence-electron chi connectivity index (χ3n) is 7.22. The molecule has 0 spiro atoms. The van der Waals surface area contributed by atoms with Gasteiger partial charge in [-0.15, -0.1) is 0 Å². The molecule has 0 aliphatic rings. The van der Waals surface area contributed by atoms with Crippen LogP contribution in [0.4, 0.5) is 0 Å². The largest absolute Gasteiger partial charge is 0.500 e. The van der Waals surface area contributed by atoms with Crippen LogP contribution in [0.1, 0.15) is 168 Å². The molecule has 5 nitrogen and oxygen atoms in total. The number of hydrogen-bond donors (Lipinski definition) is 1. The smallest absolute Gasteiger partial charge is 0.481 e. The predicted octanol–water partition coefficient (Wildman–Crippen LogP) is 10.1. The molecule has 222 valence electrons. The first-order chi connectivity index (χ1) is 18.1. The lowest BCUT2D eigenvalue weighted by molar-refractivity contribution is -0.137. The molecule has 1 N–H and O–H groups in total. The van der Waals surface area contributed by atoms with E-state index in [1.165, 1.54) is 122 Å². The van der Waals surface area contributed by atoms with E-state index in [4.69, 9.17) is 18.4 Å². The molecule has 0 rings (SSSR count). The third kappa shape index (κ3) is 25.6. The molecule has 0 aromatic carbocycles. The van der Waals surface area contributed by atoms with Crippen molar-refractivity contribution in [3.05, 3.63) is 0 Å². The van der Waals surface area contributed by atoms with E-state index in [1.807, 2.05) is 20.8 Å². The highest BCUT2D eigenvalue weighted by atomic mass is 28.4. The van der Waals surface area contributed by atoms with Gasteiger partial charge in [0, 0.05) is 32.3 Å². The van der Waals surface area contributed by atoms with E-state index in [1.54, 1.807) is 0 Å². The van der Waals surface area contributed by atoms with Gasteiger partial charge in [-0.2, -0.15) is 0 Å². The molecule has 0 bridgehead atoms. The van der Waals surface area contributed by atoms with Crippen molar-refractivity contribution in [3.8, 4) is 0 Å². The summed E-state index contributed by atoms with van der Waals surface area (Å²) in [5.74, 6) is -0.656. The van der Waals surface area contributed by atoms with E-state index in [9.17, 15) is 4.79 Å². The third-order valence-corrected chi connectivity index (χ3v) is 10.4. The SMILES string of the molecule is CCO[Si](CCCCCCCCCCCCCCCCCCCCCCCCC(=O)O)(OCC)OCC. The first kappa shape index (κ1) is 36.6. The van der Waals surface area contributed by atoms with E-state index >= 15 is 0 Å². The van der Waals surface area contributed by atoms with Gasteiger partial charge in [-0.25, -0.2) is 0 Å². The molecule has 0 radical (unpaired) electrons. The zero-order valence-corrected chi connectivity index (χ0v) is 26.2. The van der Waals surface area contributed by atoms with Crippen LogP contribution in [0, 0.1) is 0 Å². The normalized spacial score (nSPS) is 11.9. The highest BCUT2D eigenvalue weighted by Gasteiger charge is 2.39. The zero-order valence-electron chi connectivity index (χ0n) is 25.2. The Kier molecular flexibility index (Phi) is 28.2. The van der Waals surface area contributed by atoms with Crippen LogP contribution >= 0.6 is 0 Å². The van der Waals surface area contributed by atoms with E-state index in [2.05, 4.69) is 0 Å². The molecule has 0 aliphatic carbocycles. The summed E-state index contributed by atoms with van der Waals surface area (Å²) in [4.78, 5) is 10.5. The second-order valence-electron chi connectivity index (χ2n) is 10.7. The quantitative estimate of drug-likeness (QED) is 0.0694. The molecule has 0 saturated carbocycles. The van der Waals surface area contributed by atoms with Gasteiger partial charge in [0.2, 0.25) is 0 Å². The lowest BCUT2D eigenvalue weighted by atomic mass is 10.0. The molecule has 0 saturated heterocycles. The lowest BCUT2D eigenvalue weighted by Crippen LogP contribution is -2.45. The van der Waals surface area contributed by atoms with E-state index in [-0.39, 0.29) is 0 Å². The summed E-state index contributed by atoms with van der Waals surface area (Å²) in [6.07, 6.45) is 29.4. The fourth-order valence-corrected chi connectivity index (χ4v) is 7.84. The first-order valence-electron chi connectivity index (χ1n) is 16.2. The Hall–Kier alpha value is -0.433. The standard InChI is InChI=1S/C31H64O5Si/c1-4-34-37(35-5-2,36-6-3)30-28-26-24-22-20-18-16-14-12-10-8-7-9-11-13-15-17-19-21-23-25-27-29-31(32)33/h4-30H2,1-3H3,(H,32,33). The van der Waals surface area contributed by atoms with Gasteiger partial charge in [-0.1, -0.05) is 128 Å². The Balaban J connectivity index is 3.31. The molecule has 0 unspecified atom stereocenters. The van der Waals surface area contributed by atoms with E-state index in [0.29, 0.717) is 26.2 Å². The molecule has 0 aromatic rings. The number of aliphatic carboxylic acids is 1. The fourth-order valence-electron chi connectivity index (χ4n) is 5.15. The van der Waals surface area contributed by atoms with Crippen LogP contribution < -0.4 is 0 Å². The van der Waals surface area contributed by atoms with Crippen LogP contribution in [0.3, 0.4) is 0 Å². The average molecular weight is 545 g/mol. The number of hydrogen-bond acceptors (Lipinski definition) is 4. The van der Waals surface area contributed by atoms with Crippen molar-refractivity contribution < 1.29 is 23.2 Å². The average Bonchev–Trinajstić information content (AvgIpc) is 2.87. The van der Waals surface area contributed by atoms with E-state index in [0.717, 1.165) is 25.3 Å². The number of carboxylic acid groups (broad SMARTS) is 1. The van der Waals surface area contributed by atoms with Gasteiger partial charge in [0.15, 0.2) is 0 Å². The summed E-state index contributed by atoms with van der Waals surface area (Å²) in [6.45, 7) is 8.12. The highest BCUT2D eigenvalue weighted by molar-refractivity contribution is 6.60. The molecule has 0 aromatic heterocycles. The monoisotopic (exact) mass is 544 g/mol. The maximum atomic E-state index is 10.5. The molecule has 0 atom stereocenters. The molecule has 0 fully saturated rings. The summed E-state index contributed by atoms with van der Waals surface area (Å²) >= 11 is 0. The van der Waals surface area contributed by atoms with Gasteiger partial charge in [-0.3, -0.25) is 4.79 Å². The molecule has 0 aliphatic heterocycles. The Bertz CT molecular complexity index is 457. The van der Waals surface area contributed by atoms with Crippen LogP contribution in [0.5, 0.6) is 0 Å². The van der Waals surface area contributed by atoms with Crippen LogP contribution in [0.25, 0.3) is 0 Å². The minimum atomic E-state index is -2.43. The maximum absolute atomic E-state index is 10.5. The molecule has 0 heterocycles. The van der Waals surface area contributed by atoms with Crippen molar-refractivity contribution in [2.24, 2.45) is 0 Å². The molecule has 6 heteroatoms. The summed E-state index contributed by atoms with van der Waals surface area (Å²) in [7, 11) is -2.43. The number of unbranched alkanes of at least 4 members (excludes halogenated alkanes) is 21. The first-order valence-corrected chi connectivity index (χ1v) is 18.2. The molecular weight excluding hydrogens is 480 g/mol. The minimum absolute atomic E-state index is 0.338. The summed E-state index contributed by atoms with van der Waals surface area (Å²) in [5, 5.41) is 8.63. The molecule has 37 heavy (non-hydrogen) atoms. The van der Waals surface area contributed by atoms with Gasteiger partial charge < -0.3 is 18.4 Å². The Morgan fingerprint density at radius 3 is 0.946 bits per heavy atom. The number of carbonyl (C=O) groups is 1. The zero-order chi connectivity index (χ0) is 27.3. The van der Waals surface area contributed by atoms with Gasteiger partial charge >= 0.3 is 14.8 Å². The topological polar surface area (TPSA) is 65.0 Å². The molecule has 0 amide bonds. The molecular formula is C31H64O5Si. The minimum Gasteiger partial charge on any atom is -0.481 e. The lowest BCUT2D eigenvalue weighted by Gasteiger charge is -2.28. The highest BCUT2D eigenvalue weighted by Crippen LogP contribution is 2.21. The van der Waals surface area contributed by atoms with Crippen molar-refractivity contribution in [2.45, 2.75) is 174 Å². The van der Waals surface area contributed by atoms with Crippen molar-refractivity contribution in [2.75, 3.05) is 19.8 Å². The van der Waals surface area contributed by atoms with Crippen LogP contribution in [-0.2, 0) is 18.1 Å². The summed E-state index contributed by atoms with van der Waals surface area (Å²) in [5.41, 5.74) is 0. The van der Waals surface area contributed by atoms with Crippen LogP contribution in [-0.4, -0.2) is 39.7 Å². The van der Waals surface area contributed by atoms with Crippen LogP contribution in [0.15, 0.2) is 0 Å². The number of rotatable bonds is 31. The Labute approximate surface area is 232 Å². The van der Waals surface area contributed by atoms with E-state index < -0.39 is 14.8 Å². The van der Waals surface area contributed by atoms with Gasteiger partial charge in [0.1, 0.15) is 0 Å². The van der Waals surface area contributed by atoms with Gasteiger partial charge in [-0.05, 0) is 33.6 Å². The second kappa shape index (κ2) is 28.6. The second-order valence-corrected chi connectivity index (χ2v) is 13.4. The fraction of sp³-hybridized carbons (Fsp3) is 0.968. The Morgan fingerprint density at radius 1 is 0.459 bits per heavy atom. The number of carboxylic acids is 1. The van der Waals surface area contributed by atoms with Crippen molar-refractivity contribution in [1.82, 2.24) is 0 Å². The van der Waals surface area contributed by atoms with Crippen molar-refractivity contribution in [3.63, 3.8) is 0 Å². The van der Waals surface area contributed by atoms with Crippen LogP contribution in [0.2, 0.25) is 6.04 Å². The van der Waals surface area contributed by atoms with Crippen molar-refractivity contribution in [1.29, 1.82) is 0 Å². The predicted molar refractivity (Wildman–Crippen MR) is 159 cm³/mol. The van der Waals surface area contributed by atoms with Crippen molar-refractivity contribution >= 4 is 14.8 Å². The Morgan fingerprint density at radius 2 is 0.703 bits per heavy atom. The maximum Gasteiger partial charge on any atom is 0.500 e.